The molecule has 1 N–H and O–H groups in total. The van der Waals surface area contributed by atoms with Gasteiger partial charge in [0.25, 0.3) is 5.91 Å². The van der Waals surface area contributed by atoms with Gasteiger partial charge in [0.15, 0.2) is 0 Å². The Kier molecular flexibility index (Phi) is 4.21. The lowest BCUT2D eigenvalue weighted by Gasteiger charge is -2.23. The van der Waals surface area contributed by atoms with Gasteiger partial charge in [-0.05, 0) is 38.0 Å². The van der Waals surface area contributed by atoms with Crippen LogP contribution in [0.5, 0.6) is 0 Å². The van der Waals surface area contributed by atoms with Gasteiger partial charge in [-0.15, -0.1) is 11.3 Å². The second-order valence-electron chi connectivity index (χ2n) is 7.34. The van der Waals surface area contributed by atoms with Gasteiger partial charge >= 0.3 is 5.97 Å². The molecule has 1 aromatic heterocycles. The highest BCUT2D eigenvalue weighted by molar-refractivity contribution is 7.13. The molecule has 23 heavy (non-hydrogen) atoms. The number of hydrogen-bond acceptors (Lipinski definition) is 4. The molecule has 0 aromatic carbocycles. The van der Waals surface area contributed by atoms with Crippen LogP contribution in [0.15, 0.2) is 0 Å². The fourth-order valence-corrected chi connectivity index (χ4v) is 5.01. The minimum Gasteiger partial charge on any atom is -0.481 e. The quantitative estimate of drug-likeness (QED) is 0.917. The third-order valence-corrected chi connectivity index (χ3v) is 6.19. The summed E-state index contributed by atoms with van der Waals surface area (Å²) in [4.78, 5) is 31.7. The van der Waals surface area contributed by atoms with Crippen molar-refractivity contribution in [3.05, 3.63) is 15.6 Å². The summed E-state index contributed by atoms with van der Waals surface area (Å²) in [6.45, 7) is 7.07. The lowest BCUT2D eigenvalue weighted by molar-refractivity contribution is -0.149. The molecule has 0 bridgehead atoms. The van der Waals surface area contributed by atoms with Gasteiger partial charge in [0.2, 0.25) is 0 Å². The number of amides is 1. The van der Waals surface area contributed by atoms with Crippen molar-refractivity contribution in [3.8, 4) is 0 Å². The standard InChI is InChI=1S/C17H24N2O3S/c1-10(2)7-13-14(23-11(3)18-13)15(20)19-8-12-5-4-6-17(12,9-19)16(21)22/h10,12H,4-9H2,1-3H3,(H,21,22)/t12-,17+/m0/s1. The van der Waals surface area contributed by atoms with Gasteiger partial charge in [-0.1, -0.05) is 20.3 Å². The van der Waals surface area contributed by atoms with E-state index in [1.807, 2.05) is 6.92 Å². The number of thiazole rings is 1. The molecular weight excluding hydrogens is 312 g/mol. The summed E-state index contributed by atoms with van der Waals surface area (Å²) in [5, 5.41) is 10.6. The zero-order valence-corrected chi connectivity index (χ0v) is 14.8. The number of aryl methyl sites for hydroxylation is 1. The average molecular weight is 336 g/mol. The highest BCUT2D eigenvalue weighted by Gasteiger charge is 2.56. The number of carboxylic acid groups (broad SMARTS) is 1. The first kappa shape index (κ1) is 16.4. The van der Waals surface area contributed by atoms with Crippen LogP contribution >= 0.6 is 11.3 Å². The van der Waals surface area contributed by atoms with E-state index in [0.717, 1.165) is 30.0 Å². The van der Waals surface area contributed by atoms with Crippen molar-refractivity contribution in [3.63, 3.8) is 0 Å². The molecule has 3 rings (SSSR count). The predicted molar refractivity (Wildman–Crippen MR) is 88.7 cm³/mol. The summed E-state index contributed by atoms with van der Waals surface area (Å²) in [7, 11) is 0. The van der Waals surface area contributed by atoms with E-state index in [0.29, 0.717) is 30.3 Å². The van der Waals surface area contributed by atoms with Crippen LogP contribution in [0.3, 0.4) is 0 Å². The van der Waals surface area contributed by atoms with Crippen molar-refractivity contribution in [2.45, 2.75) is 46.5 Å². The molecular formula is C17H24N2O3S. The number of likely N-dealkylation sites (tertiary alicyclic amines) is 1. The van der Waals surface area contributed by atoms with Crippen LogP contribution in [0.2, 0.25) is 0 Å². The molecule has 1 saturated heterocycles. The molecule has 1 aliphatic heterocycles. The van der Waals surface area contributed by atoms with Crippen molar-refractivity contribution in [1.29, 1.82) is 0 Å². The van der Waals surface area contributed by atoms with Gasteiger partial charge in [0, 0.05) is 13.1 Å². The van der Waals surface area contributed by atoms with Crippen molar-refractivity contribution in [2.24, 2.45) is 17.3 Å². The molecule has 6 heteroatoms. The minimum absolute atomic E-state index is 0.0266. The molecule has 1 aromatic rings. The highest BCUT2D eigenvalue weighted by Crippen LogP contribution is 2.49. The normalized spacial score (nSPS) is 26.8. The number of fused-ring (bicyclic) bond motifs is 1. The fourth-order valence-electron chi connectivity index (χ4n) is 4.10. The Morgan fingerprint density at radius 1 is 1.48 bits per heavy atom. The van der Waals surface area contributed by atoms with Crippen molar-refractivity contribution >= 4 is 23.2 Å². The molecule has 5 nitrogen and oxygen atoms in total. The molecule has 1 saturated carbocycles. The van der Waals surface area contributed by atoms with E-state index in [9.17, 15) is 14.7 Å². The number of hydrogen-bond donors (Lipinski definition) is 1. The lowest BCUT2D eigenvalue weighted by Crippen LogP contribution is -2.37. The second-order valence-corrected chi connectivity index (χ2v) is 8.55. The van der Waals surface area contributed by atoms with E-state index >= 15 is 0 Å². The number of aliphatic carboxylic acids is 1. The molecule has 0 radical (unpaired) electrons. The fraction of sp³-hybridized carbons (Fsp3) is 0.706. The summed E-state index contributed by atoms with van der Waals surface area (Å²) in [5.74, 6) is -0.225. The summed E-state index contributed by atoms with van der Waals surface area (Å²) < 4.78 is 0. The first-order chi connectivity index (χ1) is 10.8. The third-order valence-electron chi connectivity index (χ3n) is 5.18. The Morgan fingerprint density at radius 3 is 2.83 bits per heavy atom. The first-order valence-electron chi connectivity index (χ1n) is 8.32. The van der Waals surface area contributed by atoms with Gasteiger partial charge in [-0.25, -0.2) is 4.98 Å². The maximum absolute atomic E-state index is 13.0. The first-order valence-corrected chi connectivity index (χ1v) is 9.14. The largest absolute Gasteiger partial charge is 0.481 e. The molecule has 0 spiro atoms. The monoisotopic (exact) mass is 336 g/mol. The summed E-state index contributed by atoms with van der Waals surface area (Å²) in [6, 6.07) is 0. The molecule has 2 fully saturated rings. The molecule has 2 aliphatic rings. The minimum atomic E-state index is -0.738. The smallest absolute Gasteiger partial charge is 0.311 e. The van der Waals surface area contributed by atoms with Crippen LogP contribution in [0.1, 0.15) is 53.5 Å². The Labute approximate surface area is 140 Å². The Morgan fingerprint density at radius 2 is 2.22 bits per heavy atom. The van der Waals surface area contributed by atoms with Gasteiger partial charge < -0.3 is 10.0 Å². The van der Waals surface area contributed by atoms with Gasteiger partial charge in [-0.3, -0.25) is 9.59 Å². The highest BCUT2D eigenvalue weighted by atomic mass is 32.1. The van der Waals surface area contributed by atoms with E-state index in [1.165, 1.54) is 11.3 Å². The second kappa shape index (κ2) is 5.89. The topological polar surface area (TPSA) is 70.5 Å². The Balaban J connectivity index is 1.84. The van der Waals surface area contributed by atoms with Crippen LogP contribution in [0, 0.1) is 24.2 Å². The number of carbonyl (C=O) groups is 2. The molecule has 2 heterocycles. The number of rotatable bonds is 4. The van der Waals surface area contributed by atoms with E-state index < -0.39 is 11.4 Å². The SMILES string of the molecule is Cc1nc(CC(C)C)c(C(=O)N2C[C@@H]3CCC[C@@]3(C(=O)O)C2)s1. The molecule has 1 amide bonds. The van der Waals surface area contributed by atoms with Crippen LogP contribution in [-0.2, 0) is 11.2 Å². The van der Waals surface area contributed by atoms with Gasteiger partial charge in [0.1, 0.15) is 4.88 Å². The maximum atomic E-state index is 13.0. The van der Waals surface area contributed by atoms with Crippen molar-refractivity contribution < 1.29 is 14.7 Å². The van der Waals surface area contributed by atoms with Crippen LogP contribution < -0.4 is 0 Å². The molecule has 2 atom stereocenters. The average Bonchev–Trinajstić information content (AvgIpc) is 3.09. The summed E-state index contributed by atoms with van der Waals surface area (Å²) >= 11 is 1.44. The van der Waals surface area contributed by atoms with Crippen molar-refractivity contribution in [2.75, 3.05) is 13.1 Å². The van der Waals surface area contributed by atoms with Crippen LogP contribution in [0.4, 0.5) is 0 Å². The number of aromatic nitrogens is 1. The predicted octanol–water partition coefficient (Wildman–Crippen LogP) is 2.98. The summed E-state index contributed by atoms with van der Waals surface area (Å²) in [5.41, 5.74) is 0.155. The molecule has 1 aliphatic carbocycles. The maximum Gasteiger partial charge on any atom is 0.311 e. The lowest BCUT2D eigenvalue weighted by atomic mass is 9.81. The van der Waals surface area contributed by atoms with E-state index in [4.69, 9.17) is 0 Å². The van der Waals surface area contributed by atoms with Crippen molar-refractivity contribution in [1.82, 2.24) is 9.88 Å². The zero-order valence-electron chi connectivity index (χ0n) is 14.0. The van der Waals surface area contributed by atoms with Crippen LogP contribution in [-0.4, -0.2) is 40.0 Å². The number of carboxylic acids is 1. The van der Waals surface area contributed by atoms with Gasteiger partial charge in [-0.2, -0.15) is 0 Å². The van der Waals surface area contributed by atoms with E-state index in [2.05, 4.69) is 18.8 Å². The number of nitrogens with zero attached hydrogens (tertiary/aromatic N) is 2. The zero-order chi connectivity index (χ0) is 16.8. The van der Waals surface area contributed by atoms with Gasteiger partial charge in [0.05, 0.1) is 16.1 Å². The number of carbonyl (C=O) groups excluding carboxylic acids is 1. The Hall–Kier alpha value is -1.43. The summed E-state index contributed by atoms with van der Waals surface area (Å²) in [6.07, 6.45) is 3.35. The van der Waals surface area contributed by atoms with E-state index in [-0.39, 0.29) is 11.8 Å². The van der Waals surface area contributed by atoms with E-state index in [1.54, 1.807) is 4.90 Å². The van der Waals surface area contributed by atoms with Crippen LogP contribution in [0.25, 0.3) is 0 Å². The third kappa shape index (κ3) is 2.77. The Bertz CT molecular complexity index is 640. The molecule has 126 valence electrons. The molecule has 0 unspecified atom stereocenters.